The van der Waals surface area contributed by atoms with Crippen molar-refractivity contribution in [1.82, 2.24) is 10.6 Å². The van der Waals surface area contributed by atoms with E-state index in [-0.39, 0.29) is 17.2 Å². The summed E-state index contributed by atoms with van der Waals surface area (Å²) in [5, 5.41) is 5.12. The summed E-state index contributed by atoms with van der Waals surface area (Å²) in [6.45, 7) is 2.22. The normalized spacial score (nSPS) is 23.8. The maximum Gasteiger partial charge on any atom is 0.279 e. The number of nitrogens with two attached hydrogens (primary N) is 1. The van der Waals surface area contributed by atoms with E-state index in [0.717, 1.165) is 11.8 Å². The molecule has 2 atom stereocenters. The molecule has 74 valence electrons. The molecule has 1 aliphatic heterocycles. The van der Waals surface area contributed by atoms with Crippen LogP contribution in [0.15, 0.2) is 0 Å². The predicted molar refractivity (Wildman–Crippen MR) is 51.4 cm³/mol. The fraction of sp³-hybridized carbons (Fsp3) is 0.714. The Labute approximate surface area is 80.8 Å². The average molecular weight is 203 g/mol. The molecule has 0 unspecified atom stereocenters. The molecule has 2 amide bonds. The van der Waals surface area contributed by atoms with Crippen LogP contribution in [0.1, 0.15) is 6.92 Å². The molecule has 6 heteroatoms. The number of thioether (sulfide) groups is 1. The third kappa shape index (κ3) is 2.89. The molecule has 0 saturated carbocycles. The molecule has 13 heavy (non-hydrogen) atoms. The van der Waals surface area contributed by atoms with Gasteiger partial charge in [0, 0.05) is 18.3 Å². The highest BCUT2D eigenvalue weighted by molar-refractivity contribution is 8.14. The maximum absolute atomic E-state index is 11.4. The van der Waals surface area contributed by atoms with Crippen molar-refractivity contribution in [2.45, 2.75) is 19.0 Å². The highest BCUT2D eigenvalue weighted by atomic mass is 32.2. The zero-order valence-electron chi connectivity index (χ0n) is 7.37. The Morgan fingerprint density at radius 1 is 1.92 bits per heavy atom. The lowest BCUT2D eigenvalue weighted by Crippen LogP contribution is -2.48. The molecule has 0 aliphatic carbocycles. The molecule has 1 heterocycles. The van der Waals surface area contributed by atoms with Gasteiger partial charge in [-0.25, -0.2) is 0 Å². The zero-order chi connectivity index (χ0) is 9.84. The van der Waals surface area contributed by atoms with E-state index in [1.54, 1.807) is 0 Å². The number of carbonyl (C=O) groups excluding carboxylic acids is 2. The van der Waals surface area contributed by atoms with Gasteiger partial charge in [-0.05, 0) is 6.92 Å². The zero-order valence-corrected chi connectivity index (χ0v) is 8.19. The molecule has 0 bridgehead atoms. The summed E-state index contributed by atoms with van der Waals surface area (Å²) in [6, 6.07) is -0.443. The minimum atomic E-state index is -0.397. The van der Waals surface area contributed by atoms with Gasteiger partial charge < -0.3 is 16.4 Å². The van der Waals surface area contributed by atoms with E-state index < -0.39 is 6.04 Å². The van der Waals surface area contributed by atoms with Gasteiger partial charge in [0.1, 0.15) is 6.04 Å². The molecular formula is C7H13N3O2S. The van der Waals surface area contributed by atoms with Crippen molar-refractivity contribution < 1.29 is 9.59 Å². The van der Waals surface area contributed by atoms with E-state index >= 15 is 0 Å². The van der Waals surface area contributed by atoms with Crippen LogP contribution in [0.4, 0.5) is 4.79 Å². The predicted octanol–water partition coefficient (Wildman–Crippen LogP) is -0.725. The van der Waals surface area contributed by atoms with E-state index in [1.165, 1.54) is 0 Å². The first-order valence-corrected chi connectivity index (χ1v) is 5.05. The number of amides is 2. The summed E-state index contributed by atoms with van der Waals surface area (Å²) in [5.41, 5.74) is 5.34. The van der Waals surface area contributed by atoms with Crippen molar-refractivity contribution >= 4 is 22.9 Å². The van der Waals surface area contributed by atoms with Crippen LogP contribution in [0.25, 0.3) is 0 Å². The lowest BCUT2D eigenvalue weighted by atomic mass is 10.2. The summed E-state index contributed by atoms with van der Waals surface area (Å²) in [7, 11) is 0. The first-order chi connectivity index (χ1) is 6.13. The Balaban J connectivity index is 2.35. The molecule has 0 radical (unpaired) electrons. The van der Waals surface area contributed by atoms with Crippen LogP contribution >= 0.6 is 11.8 Å². The number of nitrogens with one attached hydrogen (secondary N) is 2. The van der Waals surface area contributed by atoms with Gasteiger partial charge in [-0.3, -0.25) is 9.59 Å². The summed E-state index contributed by atoms with van der Waals surface area (Å²) >= 11 is 1.13. The van der Waals surface area contributed by atoms with Crippen LogP contribution in [0.3, 0.4) is 0 Å². The van der Waals surface area contributed by atoms with Crippen molar-refractivity contribution in [3.63, 3.8) is 0 Å². The maximum atomic E-state index is 11.4. The SMILES string of the molecule is C[C@H](CN)NC(=O)[C@@H]1CSC(=O)N1. The molecule has 1 fully saturated rings. The Kier molecular flexibility index (Phi) is 3.56. The first-order valence-electron chi connectivity index (χ1n) is 4.07. The average Bonchev–Trinajstić information content (AvgIpc) is 2.51. The highest BCUT2D eigenvalue weighted by Gasteiger charge is 2.28. The van der Waals surface area contributed by atoms with E-state index in [1.807, 2.05) is 6.92 Å². The van der Waals surface area contributed by atoms with Crippen molar-refractivity contribution in [3.8, 4) is 0 Å². The molecule has 0 spiro atoms. The van der Waals surface area contributed by atoms with Gasteiger partial charge in [0.15, 0.2) is 0 Å². The van der Waals surface area contributed by atoms with Crippen molar-refractivity contribution in [3.05, 3.63) is 0 Å². The van der Waals surface area contributed by atoms with Gasteiger partial charge >= 0.3 is 0 Å². The highest BCUT2D eigenvalue weighted by Crippen LogP contribution is 2.12. The second-order valence-corrected chi connectivity index (χ2v) is 3.93. The third-order valence-corrected chi connectivity index (χ3v) is 2.61. The molecular weight excluding hydrogens is 190 g/mol. The van der Waals surface area contributed by atoms with Gasteiger partial charge in [0.2, 0.25) is 5.91 Å². The largest absolute Gasteiger partial charge is 0.351 e. The van der Waals surface area contributed by atoms with Gasteiger partial charge in [0.05, 0.1) is 0 Å². The molecule has 4 N–H and O–H groups in total. The molecule has 0 aromatic heterocycles. The molecule has 1 saturated heterocycles. The second-order valence-electron chi connectivity index (χ2n) is 2.94. The molecule has 0 aromatic rings. The van der Waals surface area contributed by atoms with Gasteiger partial charge in [0.25, 0.3) is 5.24 Å². The summed E-state index contributed by atoms with van der Waals surface area (Å²) in [5.74, 6) is 0.346. The fourth-order valence-electron chi connectivity index (χ4n) is 0.928. The van der Waals surface area contributed by atoms with Gasteiger partial charge in [-0.15, -0.1) is 0 Å². The number of carbonyl (C=O) groups is 2. The Bertz CT molecular complexity index is 222. The molecule has 5 nitrogen and oxygen atoms in total. The van der Waals surface area contributed by atoms with E-state index in [9.17, 15) is 9.59 Å². The Morgan fingerprint density at radius 3 is 3.08 bits per heavy atom. The lowest BCUT2D eigenvalue weighted by molar-refractivity contribution is -0.122. The summed E-state index contributed by atoms with van der Waals surface area (Å²) in [6.07, 6.45) is 0. The van der Waals surface area contributed by atoms with E-state index in [4.69, 9.17) is 5.73 Å². The monoisotopic (exact) mass is 203 g/mol. The van der Waals surface area contributed by atoms with Gasteiger partial charge in [-0.2, -0.15) is 0 Å². The van der Waals surface area contributed by atoms with Crippen LogP contribution in [-0.2, 0) is 4.79 Å². The smallest absolute Gasteiger partial charge is 0.279 e. The van der Waals surface area contributed by atoms with E-state index in [0.29, 0.717) is 12.3 Å². The van der Waals surface area contributed by atoms with Crippen molar-refractivity contribution in [2.75, 3.05) is 12.3 Å². The van der Waals surface area contributed by atoms with Crippen LogP contribution in [0.5, 0.6) is 0 Å². The first kappa shape index (κ1) is 10.3. The molecule has 1 aliphatic rings. The minimum Gasteiger partial charge on any atom is -0.351 e. The summed E-state index contributed by atoms with van der Waals surface area (Å²) < 4.78 is 0. The Morgan fingerprint density at radius 2 is 2.62 bits per heavy atom. The topological polar surface area (TPSA) is 84.2 Å². The molecule has 1 rings (SSSR count). The molecule has 0 aromatic carbocycles. The van der Waals surface area contributed by atoms with Crippen molar-refractivity contribution in [2.24, 2.45) is 5.73 Å². The standard InChI is InChI=1S/C7H13N3O2S/c1-4(2-8)9-6(11)5-3-13-7(12)10-5/h4-5H,2-3,8H2,1H3,(H,9,11)(H,10,12)/t4-,5+/m1/s1. The lowest BCUT2D eigenvalue weighted by Gasteiger charge is -2.14. The Hall–Kier alpha value is -0.750. The fourth-order valence-corrected chi connectivity index (χ4v) is 1.71. The quantitative estimate of drug-likeness (QED) is 0.565. The second kappa shape index (κ2) is 4.48. The van der Waals surface area contributed by atoms with E-state index in [2.05, 4.69) is 10.6 Å². The van der Waals surface area contributed by atoms with Crippen molar-refractivity contribution in [1.29, 1.82) is 0 Å². The third-order valence-electron chi connectivity index (χ3n) is 1.73. The van der Waals surface area contributed by atoms with Crippen LogP contribution in [0.2, 0.25) is 0 Å². The van der Waals surface area contributed by atoms with Crippen LogP contribution in [-0.4, -0.2) is 35.5 Å². The number of hydrogen-bond acceptors (Lipinski definition) is 4. The minimum absolute atomic E-state index is 0.0463. The number of hydrogen-bond donors (Lipinski definition) is 3. The van der Waals surface area contributed by atoms with Crippen LogP contribution in [0, 0.1) is 0 Å². The van der Waals surface area contributed by atoms with Crippen LogP contribution < -0.4 is 16.4 Å². The van der Waals surface area contributed by atoms with Gasteiger partial charge in [-0.1, -0.05) is 11.8 Å². The summed E-state index contributed by atoms with van der Waals surface area (Å²) in [4.78, 5) is 22.1. The number of rotatable bonds is 3.